The Bertz CT molecular complexity index is 341. The van der Waals surface area contributed by atoms with Crippen LogP contribution in [0.25, 0.3) is 0 Å². The van der Waals surface area contributed by atoms with E-state index in [1.54, 1.807) is 0 Å². The first-order chi connectivity index (χ1) is 6.59. The molecule has 0 bridgehead atoms. The van der Waals surface area contributed by atoms with Crippen LogP contribution in [-0.2, 0) is 0 Å². The largest absolute Gasteiger partial charge is 0.492 e. The van der Waals surface area contributed by atoms with Gasteiger partial charge in [-0.25, -0.2) is 0 Å². The summed E-state index contributed by atoms with van der Waals surface area (Å²) in [6, 6.07) is 5.64. The quantitative estimate of drug-likeness (QED) is 0.807. The van der Waals surface area contributed by atoms with Crippen molar-refractivity contribution in [1.82, 2.24) is 0 Å². The molecule has 0 spiro atoms. The van der Waals surface area contributed by atoms with E-state index in [0.717, 1.165) is 5.56 Å². The fourth-order valence-corrected chi connectivity index (χ4v) is 1.24. The van der Waals surface area contributed by atoms with Gasteiger partial charge in [0, 0.05) is 6.42 Å². The highest BCUT2D eigenvalue weighted by Crippen LogP contribution is 2.25. The first-order valence-electron chi connectivity index (χ1n) is 4.27. The van der Waals surface area contributed by atoms with Crippen LogP contribution in [-0.4, -0.2) is 11.6 Å². The minimum Gasteiger partial charge on any atom is -0.492 e. The second-order valence-corrected chi connectivity index (χ2v) is 3.93. The maximum Gasteiger partial charge on any atom is 0.138 e. The molecule has 1 aromatic rings. The molecule has 76 valence electrons. The molecule has 0 atom stereocenters. The van der Waals surface area contributed by atoms with Gasteiger partial charge in [0.15, 0.2) is 0 Å². The van der Waals surface area contributed by atoms with Crippen molar-refractivity contribution in [2.45, 2.75) is 13.3 Å². The normalized spacial score (nSPS) is 9.86. The summed E-state index contributed by atoms with van der Waals surface area (Å²) in [6.07, 6.45) is 0.569. The molecule has 1 rings (SSSR count). The van der Waals surface area contributed by atoms with Crippen LogP contribution in [0, 0.1) is 6.92 Å². The van der Waals surface area contributed by atoms with Gasteiger partial charge in [0.2, 0.25) is 0 Å². The second kappa shape index (κ2) is 5.17. The molecule has 0 radical (unpaired) electrons. The Balaban J connectivity index is 2.57. The van der Waals surface area contributed by atoms with Gasteiger partial charge in [-0.15, -0.1) is 0 Å². The number of rotatable bonds is 4. The molecule has 0 unspecified atom stereocenters. The lowest BCUT2D eigenvalue weighted by Gasteiger charge is -2.07. The van der Waals surface area contributed by atoms with E-state index < -0.39 is 0 Å². The molecule has 0 saturated heterocycles. The third-order valence-electron chi connectivity index (χ3n) is 1.69. The third kappa shape index (κ3) is 3.52. The first-order valence-corrected chi connectivity index (χ1v) is 5.05. The topological polar surface area (TPSA) is 35.2 Å². The molecule has 0 saturated carbocycles. The Hall–Kier alpha value is -0.800. The van der Waals surface area contributed by atoms with E-state index in [2.05, 4.69) is 0 Å². The summed E-state index contributed by atoms with van der Waals surface area (Å²) in [5.74, 6) is 0.683. The number of thiocarbonyl (C=S) groups is 1. The van der Waals surface area contributed by atoms with Crippen molar-refractivity contribution < 1.29 is 4.74 Å². The Morgan fingerprint density at radius 1 is 1.57 bits per heavy atom. The van der Waals surface area contributed by atoms with Gasteiger partial charge in [-0.1, -0.05) is 29.9 Å². The van der Waals surface area contributed by atoms with Gasteiger partial charge in [-0.05, 0) is 24.6 Å². The summed E-state index contributed by atoms with van der Waals surface area (Å²) >= 11 is 10.7. The summed E-state index contributed by atoms with van der Waals surface area (Å²) < 4.78 is 5.43. The van der Waals surface area contributed by atoms with Crippen molar-refractivity contribution in [3.63, 3.8) is 0 Å². The molecule has 0 amide bonds. The van der Waals surface area contributed by atoms with Gasteiger partial charge in [-0.2, -0.15) is 0 Å². The van der Waals surface area contributed by atoms with E-state index in [1.807, 2.05) is 25.1 Å². The zero-order chi connectivity index (χ0) is 10.6. The zero-order valence-corrected chi connectivity index (χ0v) is 9.49. The molecule has 14 heavy (non-hydrogen) atoms. The molecule has 1 aromatic carbocycles. The average molecular weight is 230 g/mol. The van der Waals surface area contributed by atoms with Crippen LogP contribution in [0.4, 0.5) is 0 Å². The molecule has 0 aromatic heterocycles. The van der Waals surface area contributed by atoms with Crippen LogP contribution in [0.5, 0.6) is 5.75 Å². The summed E-state index contributed by atoms with van der Waals surface area (Å²) in [5, 5.41) is 0.610. The van der Waals surface area contributed by atoms with E-state index in [9.17, 15) is 0 Å². The molecular formula is C10H12ClNOS. The van der Waals surface area contributed by atoms with Crippen LogP contribution < -0.4 is 10.5 Å². The summed E-state index contributed by atoms with van der Waals surface area (Å²) in [4.78, 5) is 0.453. The van der Waals surface area contributed by atoms with Gasteiger partial charge >= 0.3 is 0 Å². The number of halogens is 1. The number of hydrogen-bond donors (Lipinski definition) is 1. The van der Waals surface area contributed by atoms with E-state index >= 15 is 0 Å². The number of aryl methyl sites for hydroxylation is 1. The van der Waals surface area contributed by atoms with Gasteiger partial charge in [0.05, 0.1) is 16.6 Å². The minimum atomic E-state index is 0.453. The summed E-state index contributed by atoms with van der Waals surface area (Å²) in [6.45, 7) is 2.45. The lowest BCUT2D eigenvalue weighted by atomic mass is 10.2. The van der Waals surface area contributed by atoms with Gasteiger partial charge in [0.1, 0.15) is 5.75 Å². The number of benzene rings is 1. The molecule has 0 heterocycles. The molecule has 0 aliphatic heterocycles. The van der Waals surface area contributed by atoms with Crippen LogP contribution in [0.15, 0.2) is 18.2 Å². The number of ether oxygens (including phenoxy) is 1. The van der Waals surface area contributed by atoms with Crippen molar-refractivity contribution >= 4 is 28.8 Å². The molecule has 0 aliphatic rings. The molecule has 4 heteroatoms. The molecule has 0 fully saturated rings. The lowest BCUT2D eigenvalue weighted by molar-refractivity contribution is 0.329. The molecule has 2 N–H and O–H groups in total. The van der Waals surface area contributed by atoms with E-state index in [4.69, 9.17) is 34.3 Å². The predicted octanol–water partition coefficient (Wildman–Crippen LogP) is 2.70. The van der Waals surface area contributed by atoms with Crippen molar-refractivity contribution in [3.05, 3.63) is 28.8 Å². The Morgan fingerprint density at radius 2 is 2.29 bits per heavy atom. The van der Waals surface area contributed by atoms with Crippen molar-refractivity contribution in [2.75, 3.05) is 6.61 Å². The smallest absolute Gasteiger partial charge is 0.138 e. The zero-order valence-electron chi connectivity index (χ0n) is 7.92. The number of nitrogens with two attached hydrogens (primary N) is 1. The van der Waals surface area contributed by atoms with Crippen LogP contribution in [0.3, 0.4) is 0 Å². The highest BCUT2D eigenvalue weighted by atomic mass is 35.5. The maximum absolute atomic E-state index is 5.92. The minimum absolute atomic E-state index is 0.453. The van der Waals surface area contributed by atoms with Crippen molar-refractivity contribution in [1.29, 1.82) is 0 Å². The van der Waals surface area contributed by atoms with Crippen LogP contribution in [0.1, 0.15) is 12.0 Å². The molecule has 0 aliphatic carbocycles. The fourth-order valence-electron chi connectivity index (χ4n) is 0.983. The van der Waals surface area contributed by atoms with Gasteiger partial charge in [0.25, 0.3) is 0 Å². The Kier molecular flexibility index (Phi) is 4.17. The summed E-state index contributed by atoms with van der Waals surface area (Å²) in [5.41, 5.74) is 6.45. The van der Waals surface area contributed by atoms with Crippen molar-refractivity contribution in [2.24, 2.45) is 5.73 Å². The van der Waals surface area contributed by atoms with Crippen LogP contribution >= 0.6 is 23.8 Å². The SMILES string of the molecule is Cc1ccc(Cl)c(OCCC(N)=S)c1. The standard InChI is InChI=1S/C10H12ClNOS/c1-7-2-3-8(11)9(6-7)13-5-4-10(12)14/h2-3,6H,4-5H2,1H3,(H2,12,14). The molecular weight excluding hydrogens is 218 g/mol. The summed E-state index contributed by atoms with van der Waals surface area (Å²) in [7, 11) is 0. The first kappa shape index (κ1) is 11.3. The fraction of sp³-hybridized carbons (Fsp3) is 0.300. The van der Waals surface area contributed by atoms with Gasteiger partial charge in [-0.3, -0.25) is 0 Å². The molecule has 2 nitrogen and oxygen atoms in total. The van der Waals surface area contributed by atoms with E-state index in [0.29, 0.717) is 28.8 Å². The highest BCUT2D eigenvalue weighted by Gasteiger charge is 2.01. The van der Waals surface area contributed by atoms with Crippen molar-refractivity contribution in [3.8, 4) is 5.75 Å². The predicted molar refractivity (Wildman–Crippen MR) is 63.1 cm³/mol. The number of hydrogen-bond acceptors (Lipinski definition) is 2. The van der Waals surface area contributed by atoms with Crippen LogP contribution in [0.2, 0.25) is 5.02 Å². The average Bonchev–Trinajstić information content (AvgIpc) is 2.10. The Labute approximate surface area is 94.0 Å². The highest BCUT2D eigenvalue weighted by molar-refractivity contribution is 7.80. The third-order valence-corrected chi connectivity index (χ3v) is 2.21. The maximum atomic E-state index is 5.92. The monoisotopic (exact) mass is 229 g/mol. The van der Waals surface area contributed by atoms with E-state index in [-0.39, 0.29) is 0 Å². The lowest BCUT2D eigenvalue weighted by Crippen LogP contribution is -2.12. The van der Waals surface area contributed by atoms with Gasteiger partial charge < -0.3 is 10.5 Å². The Morgan fingerprint density at radius 3 is 2.93 bits per heavy atom. The second-order valence-electron chi connectivity index (χ2n) is 3.00. The van der Waals surface area contributed by atoms with E-state index in [1.165, 1.54) is 0 Å².